The summed E-state index contributed by atoms with van der Waals surface area (Å²) < 4.78 is 0. The molecule has 0 fully saturated rings. The Bertz CT molecular complexity index is 914. The van der Waals surface area contributed by atoms with Gasteiger partial charge in [0.05, 0.1) is 5.84 Å². The van der Waals surface area contributed by atoms with Crippen molar-refractivity contribution in [3.63, 3.8) is 0 Å². The molecule has 0 aliphatic carbocycles. The lowest BCUT2D eigenvalue weighted by molar-refractivity contribution is 0.0655. The van der Waals surface area contributed by atoms with Gasteiger partial charge in [0.25, 0.3) is 0 Å². The number of nitrogens with zero attached hydrogens (tertiary/aromatic N) is 1. The smallest absolute Gasteiger partial charge is 0.190 e. The standard InChI is InChI=1S/C23H24N2O/c26-23(19-12-3-1-4-13-19,25-22-16-5-2-8-17-24-22)21-15-9-11-18-10-6-7-14-20(18)21/h1,3-4,6-7,9-15,26H,2,5,8,16-17H2,(H,24,25). The zero-order valence-electron chi connectivity index (χ0n) is 14.9. The highest BCUT2D eigenvalue weighted by molar-refractivity contribution is 5.89. The zero-order chi connectivity index (χ0) is 17.8. The first kappa shape index (κ1) is 16.8. The van der Waals surface area contributed by atoms with E-state index in [1.807, 2.05) is 54.6 Å². The summed E-state index contributed by atoms with van der Waals surface area (Å²) in [6, 6.07) is 24.1. The van der Waals surface area contributed by atoms with Crippen molar-refractivity contribution >= 4 is 16.6 Å². The van der Waals surface area contributed by atoms with E-state index in [1.165, 1.54) is 6.42 Å². The first-order valence-electron chi connectivity index (χ1n) is 9.35. The predicted octanol–water partition coefficient (Wildman–Crippen LogP) is 4.60. The molecule has 0 saturated heterocycles. The largest absolute Gasteiger partial charge is 0.363 e. The van der Waals surface area contributed by atoms with Crippen molar-refractivity contribution < 1.29 is 5.11 Å². The van der Waals surface area contributed by atoms with Crippen molar-refractivity contribution in [2.24, 2.45) is 4.99 Å². The highest BCUT2D eigenvalue weighted by Gasteiger charge is 2.34. The molecule has 26 heavy (non-hydrogen) atoms. The number of rotatable bonds is 3. The molecule has 3 aromatic rings. The SMILES string of the molecule is OC(NC1=NCCCCC1)(c1ccccc1)c1cccc2ccccc12. The van der Waals surface area contributed by atoms with Crippen LogP contribution in [0.25, 0.3) is 10.8 Å². The van der Waals surface area contributed by atoms with Crippen LogP contribution in [0.4, 0.5) is 0 Å². The quantitative estimate of drug-likeness (QED) is 0.682. The van der Waals surface area contributed by atoms with Gasteiger partial charge in [0, 0.05) is 24.1 Å². The predicted molar refractivity (Wildman–Crippen MR) is 107 cm³/mol. The van der Waals surface area contributed by atoms with Gasteiger partial charge in [-0.2, -0.15) is 0 Å². The van der Waals surface area contributed by atoms with E-state index in [-0.39, 0.29) is 0 Å². The summed E-state index contributed by atoms with van der Waals surface area (Å²) in [5, 5.41) is 17.5. The van der Waals surface area contributed by atoms with Gasteiger partial charge in [-0.05, 0) is 23.6 Å². The maximum absolute atomic E-state index is 11.9. The summed E-state index contributed by atoms with van der Waals surface area (Å²) in [4.78, 5) is 4.68. The number of nitrogens with one attached hydrogen (secondary N) is 1. The first-order chi connectivity index (χ1) is 12.8. The van der Waals surface area contributed by atoms with Crippen molar-refractivity contribution in [2.75, 3.05) is 6.54 Å². The summed E-state index contributed by atoms with van der Waals surface area (Å²) in [7, 11) is 0. The van der Waals surface area contributed by atoms with Crippen molar-refractivity contribution in [1.82, 2.24) is 5.32 Å². The molecule has 3 nitrogen and oxygen atoms in total. The van der Waals surface area contributed by atoms with Crippen LogP contribution in [-0.2, 0) is 5.72 Å². The molecular weight excluding hydrogens is 320 g/mol. The van der Waals surface area contributed by atoms with Crippen LogP contribution in [0.15, 0.2) is 77.8 Å². The summed E-state index contributed by atoms with van der Waals surface area (Å²) in [5.74, 6) is 0.891. The van der Waals surface area contributed by atoms with Crippen molar-refractivity contribution in [3.05, 3.63) is 83.9 Å². The molecule has 1 heterocycles. The van der Waals surface area contributed by atoms with E-state index in [1.54, 1.807) is 0 Å². The molecule has 0 bridgehead atoms. The summed E-state index contributed by atoms with van der Waals surface area (Å²) in [6.07, 6.45) is 4.28. The van der Waals surface area contributed by atoms with Crippen LogP contribution in [0.5, 0.6) is 0 Å². The topological polar surface area (TPSA) is 44.6 Å². The van der Waals surface area contributed by atoms with Gasteiger partial charge < -0.3 is 10.4 Å². The van der Waals surface area contributed by atoms with Crippen molar-refractivity contribution in [1.29, 1.82) is 0 Å². The van der Waals surface area contributed by atoms with Crippen LogP contribution < -0.4 is 5.32 Å². The molecule has 0 amide bonds. The lowest BCUT2D eigenvalue weighted by Crippen LogP contribution is -2.47. The molecule has 1 atom stereocenters. The molecule has 3 heteroatoms. The number of amidine groups is 1. The second-order valence-electron chi connectivity index (χ2n) is 6.87. The van der Waals surface area contributed by atoms with Crippen molar-refractivity contribution in [3.8, 4) is 0 Å². The fourth-order valence-electron chi connectivity index (χ4n) is 3.70. The van der Waals surface area contributed by atoms with Crippen LogP contribution >= 0.6 is 0 Å². The minimum atomic E-state index is -1.31. The number of hydrogen-bond donors (Lipinski definition) is 2. The van der Waals surface area contributed by atoms with Crippen molar-refractivity contribution in [2.45, 2.75) is 31.4 Å². The fraction of sp³-hybridized carbons (Fsp3) is 0.261. The summed E-state index contributed by atoms with van der Waals surface area (Å²) in [5.41, 5.74) is 0.364. The van der Waals surface area contributed by atoms with Crippen LogP contribution in [0.1, 0.15) is 36.8 Å². The minimum Gasteiger partial charge on any atom is -0.363 e. The van der Waals surface area contributed by atoms with E-state index in [2.05, 4.69) is 28.5 Å². The Hall–Kier alpha value is -2.65. The van der Waals surface area contributed by atoms with Gasteiger partial charge in [0.15, 0.2) is 5.72 Å². The molecule has 0 aromatic heterocycles. The molecule has 4 rings (SSSR count). The third-order valence-corrected chi connectivity index (χ3v) is 5.07. The maximum Gasteiger partial charge on any atom is 0.190 e. The van der Waals surface area contributed by atoms with Gasteiger partial charge in [-0.3, -0.25) is 4.99 Å². The first-order valence-corrected chi connectivity index (χ1v) is 9.35. The van der Waals surface area contributed by atoms with Gasteiger partial charge in [0.1, 0.15) is 0 Å². The average Bonchev–Trinajstić information content (AvgIpc) is 2.96. The Morgan fingerprint density at radius 2 is 1.58 bits per heavy atom. The van der Waals surface area contributed by atoms with Crippen LogP contribution in [-0.4, -0.2) is 17.5 Å². The Morgan fingerprint density at radius 1 is 0.808 bits per heavy atom. The highest BCUT2D eigenvalue weighted by Crippen LogP contribution is 2.33. The van der Waals surface area contributed by atoms with E-state index in [9.17, 15) is 5.11 Å². The average molecular weight is 344 g/mol. The maximum atomic E-state index is 11.9. The Balaban J connectivity index is 1.86. The number of aliphatic imine (C=N–C) groups is 1. The van der Waals surface area contributed by atoms with Gasteiger partial charge in [-0.15, -0.1) is 0 Å². The monoisotopic (exact) mass is 344 g/mol. The van der Waals surface area contributed by atoms with E-state index in [0.29, 0.717) is 0 Å². The Kier molecular flexibility index (Phi) is 4.72. The van der Waals surface area contributed by atoms with E-state index in [0.717, 1.165) is 53.5 Å². The molecule has 0 radical (unpaired) electrons. The van der Waals surface area contributed by atoms with Crippen LogP contribution in [0.2, 0.25) is 0 Å². The van der Waals surface area contributed by atoms with Crippen LogP contribution in [0.3, 0.4) is 0 Å². The van der Waals surface area contributed by atoms with Gasteiger partial charge in [-0.1, -0.05) is 79.2 Å². The molecule has 2 N–H and O–H groups in total. The molecule has 1 unspecified atom stereocenters. The molecule has 132 valence electrons. The molecule has 1 aliphatic rings. The lowest BCUT2D eigenvalue weighted by Gasteiger charge is -2.33. The van der Waals surface area contributed by atoms with E-state index in [4.69, 9.17) is 0 Å². The second-order valence-corrected chi connectivity index (χ2v) is 6.87. The third-order valence-electron chi connectivity index (χ3n) is 5.07. The molecular formula is C23H24N2O. The molecule has 3 aromatic carbocycles. The van der Waals surface area contributed by atoms with Gasteiger partial charge in [-0.25, -0.2) is 0 Å². The zero-order valence-corrected chi connectivity index (χ0v) is 14.9. The third kappa shape index (κ3) is 3.23. The highest BCUT2D eigenvalue weighted by atomic mass is 16.3. The second kappa shape index (κ2) is 7.30. The number of benzene rings is 3. The lowest BCUT2D eigenvalue weighted by atomic mass is 9.90. The van der Waals surface area contributed by atoms with E-state index >= 15 is 0 Å². The molecule has 1 aliphatic heterocycles. The van der Waals surface area contributed by atoms with Gasteiger partial charge >= 0.3 is 0 Å². The van der Waals surface area contributed by atoms with Gasteiger partial charge in [0.2, 0.25) is 0 Å². The summed E-state index contributed by atoms with van der Waals surface area (Å²) >= 11 is 0. The number of fused-ring (bicyclic) bond motifs is 1. The number of hydrogen-bond acceptors (Lipinski definition) is 3. The Morgan fingerprint density at radius 3 is 2.46 bits per heavy atom. The summed E-state index contributed by atoms with van der Waals surface area (Å²) in [6.45, 7) is 0.822. The molecule has 0 saturated carbocycles. The Labute approximate surface area is 154 Å². The molecule has 0 spiro atoms. The fourth-order valence-corrected chi connectivity index (χ4v) is 3.70. The number of aliphatic hydroxyl groups is 1. The normalized spacial score (nSPS) is 17.2. The van der Waals surface area contributed by atoms with Crippen LogP contribution in [0, 0.1) is 0 Å². The van der Waals surface area contributed by atoms with E-state index < -0.39 is 5.72 Å². The minimum absolute atomic E-state index is 0.822.